The molecule has 120 valence electrons. The van der Waals surface area contributed by atoms with E-state index in [1.165, 1.54) is 6.07 Å². The van der Waals surface area contributed by atoms with Crippen molar-refractivity contribution in [2.24, 2.45) is 5.41 Å². The lowest BCUT2D eigenvalue weighted by molar-refractivity contribution is -0.385. The van der Waals surface area contributed by atoms with E-state index in [-0.39, 0.29) is 35.2 Å². The van der Waals surface area contributed by atoms with Gasteiger partial charge in [0.25, 0.3) is 11.6 Å². The number of carbonyl (C=O) groups is 1. The van der Waals surface area contributed by atoms with E-state index in [0.29, 0.717) is 12.0 Å². The third-order valence-electron chi connectivity index (χ3n) is 4.67. The molecule has 0 aliphatic heterocycles. The van der Waals surface area contributed by atoms with Crippen LogP contribution in [0, 0.1) is 15.5 Å². The van der Waals surface area contributed by atoms with Crippen LogP contribution in [0.2, 0.25) is 0 Å². The molecule has 0 bridgehead atoms. The topological polar surface area (TPSA) is 92.5 Å². The minimum Gasteiger partial charge on any atom is -0.396 e. The molecule has 0 radical (unpaired) electrons. The number of hydrogen-bond donors (Lipinski definition) is 2. The average Bonchev–Trinajstić information content (AvgIpc) is 2.88. The van der Waals surface area contributed by atoms with Crippen LogP contribution in [0.15, 0.2) is 18.2 Å². The van der Waals surface area contributed by atoms with Crippen LogP contribution in [0.4, 0.5) is 5.69 Å². The van der Waals surface area contributed by atoms with E-state index in [2.05, 4.69) is 5.32 Å². The molecule has 22 heavy (non-hydrogen) atoms. The molecule has 2 rings (SSSR count). The average molecular weight is 306 g/mol. The quantitative estimate of drug-likeness (QED) is 0.645. The van der Waals surface area contributed by atoms with Crippen LogP contribution in [-0.2, 0) is 6.42 Å². The predicted molar refractivity (Wildman–Crippen MR) is 82.8 cm³/mol. The molecule has 1 aliphatic carbocycles. The van der Waals surface area contributed by atoms with Gasteiger partial charge < -0.3 is 10.4 Å². The van der Waals surface area contributed by atoms with E-state index >= 15 is 0 Å². The Kier molecular flexibility index (Phi) is 4.81. The lowest BCUT2D eigenvalue weighted by atomic mass is 9.85. The highest BCUT2D eigenvalue weighted by molar-refractivity contribution is 5.95. The first-order chi connectivity index (χ1) is 10.4. The fourth-order valence-electron chi connectivity index (χ4n) is 3.08. The summed E-state index contributed by atoms with van der Waals surface area (Å²) in [6.45, 7) is 3.81. The van der Waals surface area contributed by atoms with Crippen LogP contribution < -0.4 is 5.32 Å². The molecule has 2 unspecified atom stereocenters. The first-order valence-corrected chi connectivity index (χ1v) is 7.60. The fourth-order valence-corrected chi connectivity index (χ4v) is 3.08. The van der Waals surface area contributed by atoms with E-state index in [4.69, 9.17) is 0 Å². The van der Waals surface area contributed by atoms with Gasteiger partial charge in [0.15, 0.2) is 0 Å². The van der Waals surface area contributed by atoms with Crippen molar-refractivity contribution in [2.75, 3.05) is 6.61 Å². The maximum Gasteiger partial charge on any atom is 0.273 e. The fraction of sp³-hybridized carbons (Fsp3) is 0.562. The van der Waals surface area contributed by atoms with Crippen LogP contribution >= 0.6 is 0 Å². The van der Waals surface area contributed by atoms with Gasteiger partial charge in [0.05, 0.1) is 11.5 Å². The van der Waals surface area contributed by atoms with Gasteiger partial charge in [0.2, 0.25) is 0 Å². The molecule has 1 saturated carbocycles. The predicted octanol–water partition coefficient (Wildman–Crippen LogP) is 2.44. The highest BCUT2D eigenvalue weighted by Crippen LogP contribution is 2.37. The summed E-state index contributed by atoms with van der Waals surface area (Å²) in [6.07, 6.45) is 3.18. The summed E-state index contributed by atoms with van der Waals surface area (Å²) in [7, 11) is 0. The molecule has 1 aromatic carbocycles. The van der Waals surface area contributed by atoms with Crippen LogP contribution in [-0.4, -0.2) is 28.6 Å². The number of nitro groups is 1. The van der Waals surface area contributed by atoms with Crippen LogP contribution in [0.25, 0.3) is 0 Å². The largest absolute Gasteiger partial charge is 0.396 e. The number of benzene rings is 1. The van der Waals surface area contributed by atoms with Crippen molar-refractivity contribution in [1.29, 1.82) is 0 Å². The monoisotopic (exact) mass is 306 g/mol. The van der Waals surface area contributed by atoms with Crippen LogP contribution in [0.5, 0.6) is 0 Å². The summed E-state index contributed by atoms with van der Waals surface area (Å²) >= 11 is 0. The number of carbonyl (C=O) groups excluding carboxylic acids is 1. The molecule has 6 heteroatoms. The smallest absolute Gasteiger partial charge is 0.273 e. The van der Waals surface area contributed by atoms with Gasteiger partial charge in [0, 0.05) is 28.7 Å². The van der Waals surface area contributed by atoms with Gasteiger partial charge in [-0.2, -0.15) is 0 Å². The molecule has 0 aromatic heterocycles. The number of aryl methyl sites for hydroxylation is 1. The number of hydrogen-bond acceptors (Lipinski definition) is 4. The van der Waals surface area contributed by atoms with Crippen LogP contribution in [0.3, 0.4) is 0 Å². The molecule has 1 aliphatic rings. The van der Waals surface area contributed by atoms with Crippen molar-refractivity contribution in [3.05, 3.63) is 39.4 Å². The normalized spacial score (nSPS) is 24.2. The molecular weight excluding hydrogens is 284 g/mol. The highest BCUT2D eigenvalue weighted by Gasteiger charge is 2.39. The van der Waals surface area contributed by atoms with Crippen molar-refractivity contribution in [3.63, 3.8) is 0 Å². The molecule has 0 saturated heterocycles. The van der Waals surface area contributed by atoms with Gasteiger partial charge in [0.1, 0.15) is 0 Å². The Hall–Kier alpha value is -1.95. The Bertz CT molecular complexity index is 588. The minimum absolute atomic E-state index is 0.0207. The lowest BCUT2D eigenvalue weighted by Crippen LogP contribution is -2.44. The lowest BCUT2D eigenvalue weighted by Gasteiger charge is -2.30. The summed E-state index contributed by atoms with van der Waals surface area (Å²) in [4.78, 5) is 23.0. The summed E-state index contributed by atoms with van der Waals surface area (Å²) < 4.78 is 0. The molecular formula is C16H22N2O4. The Labute approximate surface area is 129 Å². The minimum atomic E-state index is -0.455. The van der Waals surface area contributed by atoms with Gasteiger partial charge in [-0.25, -0.2) is 0 Å². The second-order valence-electron chi connectivity index (χ2n) is 6.18. The highest BCUT2D eigenvalue weighted by atomic mass is 16.6. The second-order valence-corrected chi connectivity index (χ2v) is 6.18. The number of nitro benzene ring substituents is 1. The Balaban J connectivity index is 2.20. The maximum atomic E-state index is 12.4. The second kappa shape index (κ2) is 6.44. The molecule has 6 nitrogen and oxygen atoms in total. The van der Waals surface area contributed by atoms with Crippen molar-refractivity contribution in [3.8, 4) is 0 Å². The first kappa shape index (κ1) is 16.4. The third kappa shape index (κ3) is 3.11. The van der Waals surface area contributed by atoms with E-state index in [0.717, 1.165) is 19.3 Å². The summed E-state index contributed by atoms with van der Waals surface area (Å²) in [5.41, 5.74) is 0.565. The Morgan fingerprint density at radius 1 is 1.55 bits per heavy atom. The van der Waals surface area contributed by atoms with Crippen LogP contribution in [0.1, 0.15) is 49.0 Å². The number of aliphatic hydroxyl groups excluding tert-OH is 1. The standard InChI is InChI=1S/C16H22N2O4/c1-3-11-6-7-12(9-13(11)18(21)22)15(20)17-14-5-4-8-16(14,2)10-19/h6-7,9,14,19H,3-5,8,10H2,1-2H3,(H,17,20). The third-order valence-corrected chi connectivity index (χ3v) is 4.67. The number of aliphatic hydroxyl groups is 1. The number of amides is 1. The van der Waals surface area contributed by atoms with E-state index < -0.39 is 4.92 Å². The summed E-state index contributed by atoms with van der Waals surface area (Å²) in [5.74, 6) is -0.322. The van der Waals surface area contributed by atoms with Gasteiger partial charge in [-0.05, 0) is 25.3 Å². The number of nitrogens with zero attached hydrogens (tertiary/aromatic N) is 1. The SMILES string of the molecule is CCc1ccc(C(=O)NC2CCCC2(C)CO)cc1[N+](=O)[O-]. The molecule has 1 amide bonds. The van der Waals surface area contributed by atoms with E-state index in [1.807, 2.05) is 13.8 Å². The van der Waals surface area contributed by atoms with Gasteiger partial charge >= 0.3 is 0 Å². The number of nitrogens with one attached hydrogen (secondary N) is 1. The number of rotatable bonds is 5. The molecule has 0 spiro atoms. The first-order valence-electron chi connectivity index (χ1n) is 7.60. The summed E-state index contributed by atoms with van der Waals surface area (Å²) in [5, 5.41) is 23.5. The molecule has 2 atom stereocenters. The van der Waals surface area contributed by atoms with Gasteiger partial charge in [-0.3, -0.25) is 14.9 Å². The summed E-state index contributed by atoms with van der Waals surface area (Å²) in [6, 6.07) is 4.48. The van der Waals surface area contributed by atoms with Crippen molar-refractivity contribution >= 4 is 11.6 Å². The van der Waals surface area contributed by atoms with Crippen molar-refractivity contribution in [2.45, 2.75) is 45.6 Å². The molecule has 0 heterocycles. The zero-order valence-electron chi connectivity index (χ0n) is 13.0. The Morgan fingerprint density at radius 2 is 2.27 bits per heavy atom. The van der Waals surface area contributed by atoms with E-state index in [9.17, 15) is 20.0 Å². The van der Waals surface area contributed by atoms with Gasteiger partial charge in [-0.1, -0.05) is 26.3 Å². The molecule has 1 fully saturated rings. The molecule has 1 aromatic rings. The Morgan fingerprint density at radius 3 is 2.86 bits per heavy atom. The zero-order valence-corrected chi connectivity index (χ0v) is 13.0. The maximum absolute atomic E-state index is 12.4. The van der Waals surface area contributed by atoms with Crippen molar-refractivity contribution in [1.82, 2.24) is 5.32 Å². The molecule has 2 N–H and O–H groups in total. The van der Waals surface area contributed by atoms with Crippen molar-refractivity contribution < 1.29 is 14.8 Å². The zero-order chi connectivity index (χ0) is 16.3. The van der Waals surface area contributed by atoms with E-state index in [1.54, 1.807) is 12.1 Å². The van der Waals surface area contributed by atoms with Gasteiger partial charge in [-0.15, -0.1) is 0 Å².